The van der Waals surface area contributed by atoms with Crippen LogP contribution in [-0.4, -0.2) is 27.0 Å². The fraction of sp³-hybridized carbons (Fsp3) is 0.200. The standard InChI is InChI=1S/C20H16F2N4O3/c1-11-3-5-12(6-4-11)17-25-24-16(29-17)10-26-18(27)20(2,23-19(26)28)13-7-8-14(21)15(22)9-13/h3-9H,10H2,1-2H3,(H,23,28). The van der Waals surface area contributed by atoms with Crippen molar-refractivity contribution in [2.45, 2.75) is 25.9 Å². The Morgan fingerprint density at radius 1 is 1.07 bits per heavy atom. The maximum absolute atomic E-state index is 13.6. The molecule has 1 unspecified atom stereocenters. The first-order valence-corrected chi connectivity index (χ1v) is 8.77. The van der Waals surface area contributed by atoms with Gasteiger partial charge in [-0.25, -0.2) is 13.6 Å². The van der Waals surface area contributed by atoms with E-state index in [2.05, 4.69) is 15.5 Å². The maximum atomic E-state index is 13.6. The molecule has 1 N–H and O–H groups in total. The van der Waals surface area contributed by atoms with Crippen LogP contribution in [0.1, 0.15) is 23.9 Å². The molecule has 9 heteroatoms. The third kappa shape index (κ3) is 3.24. The van der Waals surface area contributed by atoms with Gasteiger partial charge in [0.2, 0.25) is 11.8 Å². The molecular formula is C20H16F2N4O3. The normalized spacial score (nSPS) is 19.0. The number of imide groups is 1. The van der Waals surface area contributed by atoms with Gasteiger partial charge < -0.3 is 9.73 Å². The predicted octanol–water partition coefficient (Wildman–Crippen LogP) is 3.29. The van der Waals surface area contributed by atoms with E-state index >= 15 is 0 Å². The number of carbonyl (C=O) groups is 2. The summed E-state index contributed by atoms with van der Waals surface area (Å²) < 4.78 is 32.4. The van der Waals surface area contributed by atoms with Crippen molar-refractivity contribution in [1.82, 2.24) is 20.4 Å². The lowest BCUT2D eigenvalue weighted by Gasteiger charge is -2.22. The Kier molecular flexibility index (Phi) is 4.37. The van der Waals surface area contributed by atoms with Gasteiger partial charge in [-0.1, -0.05) is 23.8 Å². The number of hydrogen-bond acceptors (Lipinski definition) is 5. The first kappa shape index (κ1) is 18.7. The minimum absolute atomic E-state index is 0.0682. The van der Waals surface area contributed by atoms with Crippen molar-refractivity contribution in [3.05, 3.63) is 71.1 Å². The van der Waals surface area contributed by atoms with Gasteiger partial charge >= 0.3 is 6.03 Å². The van der Waals surface area contributed by atoms with Crippen LogP contribution in [0.2, 0.25) is 0 Å². The number of aryl methyl sites for hydroxylation is 1. The Morgan fingerprint density at radius 2 is 1.79 bits per heavy atom. The second-order valence-electron chi connectivity index (χ2n) is 6.94. The lowest BCUT2D eigenvalue weighted by Crippen LogP contribution is -2.41. The molecule has 148 valence electrons. The Labute approximate surface area is 164 Å². The van der Waals surface area contributed by atoms with Crippen LogP contribution >= 0.6 is 0 Å². The number of rotatable bonds is 4. The quantitative estimate of drug-likeness (QED) is 0.682. The van der Waals surface area contributed by atoms with Crippen molar-refractivity contribution < 1.29 is 22.8 Å². The molecule has 1 aliphatic rings. The first-order chi connectivity index (χ1) is 13.8. The van der Waals surface area contributed by atoms with E-state index in [1.54, 1.807) is 0 Å². The number of halogens is 2. The van der Waals surface area contributed by atoms with E-state index in [0.29, 0.717) is 5.56 Å². The van der Waals surface area contributed by atoms with Crippen LogP contribution < -0.4 is 5.32 Å². The molecule has 1 aliphatic heterocycles. The van der Waals surface area contributed by atoms with E-state index in [0.717, 1.165) is 22.6 Å². The van der Waals surface area contributed by atoms with Crippen LogP contribution in [0.4, 0.5) is 13.6 Å². The van der Waals surface area contributed by atoms with Gasteiger partial charge in [0, 0.05) is 5.56 Å². The van der Waals surface area contributed by atoms with Gasteiger partial charge in [0.25, 0.3) is 5.91 Å². The molecule has 0 bridgehead atoms. The number of carbonyl (C=O) groups excluding carboxylic acids is 2. The Bertz CT molecular complexity index is 1110. The zero-order valence-electron chi connectivity index (χ0n) is 15.6. The van der Waals surface area contributed by atoms with Gasteiger partial charge in [-0.3, -0.25) is 9.69 Å². The lowest BCUT2D eigenvalue weighted by atomic mass is 9.92. The average Bonchev–Trinajstić information content (AvgIpc) is 3.24. The summed E-state index contributed by atoms with van der Waals surface area (Å²) in [6.07, 6.45) is 0. The van der Waals surface area contributed by atoms with Crippen LogP contribution in [0, 0.1) is 18.6 Å². The monoisotopic (exact) mass is 398 g/mol. The summed E-state index contributed by atoms with van der Waals surface area (Å²) in [5.41, 5.74) is 0.372. The summed E-state index contributed by atoms with van der Waals surface area (Å²) in [5.74, 6) is -2.46. The van der Waals surface area contributed by atoms with Gasteiger partial charge in [0.15, 0.2) is 11.6 Å². The zero-order chi connectivity index (χ0) is 20.8. The van der Waals surface area contributed by atoms with E-state index in [4.69, 9.17) is 4.42 Å². The Hall–Kier alpha value is -3.62. The van der Waals surface area contributed by atoms with Crippen molar-refractivity contribution in [3.63, 3.8) is 0 Å². The van der Waals surface area contributed by atoms with Gasteiger partial charge in [-0.15, -0.1) is 10.2 Å². The number of nitrogens with one attached hydrogen (secondary N) is 1. The van der Waals surface area contributed by atoms with Gasteiger partial charge in [-0.2, -0.15) is 0 Å². The average molecular weight is 398 g/mol. The summed E-state index contributed by atoms with van der Waals surface area (Å²) in [4.78, 5) is 26.2. The molecule has 29 heavy (non-hydrogen) atoms. The highest BCUT2D eigenvalue weighted by Gasteiger charge is 2.49. The SMILES string of the molecule is Cc1ccc(-c2nnc(CN3C(=O)NC(C)(c4ccc(F)c(F)c4)C3=O)o2)cc1. The molecule has 0 aliphatic carbocycles. The zero-order valence-corrected chi connectivity index (χ0v) is 15.6. The smallest absolute Gasteiger partial charge is 0.325 e. The van der Waals surface area contributed by atoms with Crippen LogP contribution in [0.3, 0.4) is 0 Å². The fourth-order valence-corrected chi connectivity index (χ4v) is 3.11. The molecule has 4 rings (SSSR count). The topological polar surface area (TPSA) is 88.3 Å². The molecule has 2 heterocycles. The largest absolute Gasteiger partial charge is 0.419 e. The van der Waals surface area contributed by atoms with Crippen LogP contribution in [0.15, 0.2) is 46.9 Å². The third-order valence-electron chi connectivity index (χ3n) is 4.83. The summed E-state index contributed by atoms with van der Waals surface area (Å²) in [5, 5.41) is 10.4. The van der Waals surface area contributed by atoms with E-state index in [9.17, 15) is 18.4 Å². The first-order valence-electron chi connectivity index (χ1n) is 8.77. The molecule has 1 saturated heterocycles. The summed E-state index contributed by atoms with van der Waals surface area (Å²) >= 11 is 0. The highest BCUT2D eigenvalue weighted by atomic mass is 19.2. The second-order valence-corrected chi connectivity index (χ2v) is 6.94. The molecule has 1 aromatic heterocycles. The molecule has 0 spiro atoms. The number of amides is 3. The van der Waals surface area contributed by atoms with Crippen molar-refractivity contribution in [1.29, 1.82) is 0 Å². The van der Waals surface area contributed by atoms with Gasteiger partial charge in [-0.05, 0) is 43.7 Å². The second kappa shape index (κ2) is 6.77. The molecule has 2 aromatic carbocycles. The predicted molar refractivity (Wildman–Crippen MR) is 97.3 cm³/mol. The van der Waals surface area contributed by atoms with Gasteiger partial charge in [0.1, 0.15) is 12.1 Å². The summed E-state index contributed by atoms with van der Waals surface area (Å²) in [6, 6.07) is 9.78. The Balaban J connectivity index is 1.57. The highest BCUT2D eigenvalue weighted by molar-refractivity contribution is 6.07. The molecule has 1 fully saturated rings. The molecular weight excluding hydrogens is 382 g/mol. The van der Waals surface area contributed by atoms with Gasteiger partial charge in [0.05, 0.1) is 0 Å². The molecule has 1 atom stereocenters. The van der Waals surface area contributed by atoms with E-state index in [1.165, 1.54) is 13.0 Å². The van der Waals surface area contributed by atoms with Crippen molar-refractivity contribution in [2.75, 3.05) is 0 Å². The van der Waals surface area contributed by atoms with Crippen molar-refractivity contribution >= 4 is 11.9 Å². The summed E-state index contributed by atoms with van der Waals surface area (Å²) in [7, 11) is 0. The van der Waals surface area contributed by atoms with Crippen LogP contribution in [0.5, 0.6) is 0 Å². The molecule has 3 aromatic rings. The molecule has 7 nitrogen and oxygen atoms in total. The minimum atomic E-state index is -1.54. The lowest BCUT2D eigenvalue weighted by molar-refractivity contribution is -0.131. The molecule has 0 saturated carbocycles. The van der Waals surface area contributed by atoms with Crippen molar-refractivity contribution in [2.24, 2.45) is 0 Å². The van der Waals surface area contributed by atoms with Crippen LogP contribution in [0.25, 0.3) is 11.5 Å². The van der Waals surface area contributed by atoms with E-state index in [-0.39, 0.29) is 23.9 Å². The fourth-order valence-electron chi connectivity index (χ4n) is 3.11. The number of aromatic nitrogens is 2. The third-order valence-corrected chi connectivity index (χ3v) is 4.83. The minimum Gasteiger partial charge on any atom is -0.419 e. The van der Waals surface area contributed by atoms with Crippen molar-refractivity contribution in [3.8, 4) is 11.5 Å². The Morgan fingerprint density at radius 3 is 2.48 bits per heavy atom. The number of nitrogens with zero attached hydrogens (tertiary/aromatic N) is 3. The number of hydrogen-bond donors (Lipinski definition) is 1. The highest BCUT2D eigenvalue weighted by Crippen LogP contribution is 2.31. The molecule has 3 amide bonds. The number of benzene rings is 2. The summed E-state index contributed by atoms with van der Waals surface area (Å²) in [6.45, 7) is 3.12. The van der Waals surface area contributed by atoms with Crippen LogP contribution in [-0.2, 0) is 16.9 Å². The van der Waals surface area contributed by atoms with E-state index in [1.807, 2.05) is 31.2 Å². The molecule has 0 radical (unpaired) electrons. The maximum Gasteiger partial charge on any atom is 0.325 e. The number of urea groups is 1. The van der Waals surface area contributed by atoms with E-state index < -0.39 is 29.1 Å².